The number of aryl methyl sites for hydroxylation is 2. The third kappa shape index (κ3) is 3.52. The van der Waals surface area contributed by atoms with Crippen molar-refractivity contribution in [1.29, 1.82) is 5.26 Å². The fraction of sp³-hybridized carbons (Fsp3) is 0.0645. The zero-order valence-corrected chi connectivity index (χ0v) is 19.8. The molecule has 0 spiro atoms. The first-order chi connectivity index (χ1) is 17.5. The van der Waals surface area contributed by atoms with Crippen LogP contribution in [0.1, 0.15) is 11.1 Å². The standard InChI is InChI=1S/C31H21FN3O/c1-19-8-13-24-26-15-20(16-33)14-25(23-11-9-22(10-12-23)21-6-4-3-5-7-21)30(26)36-31(24)29(19)27-17-34-28(32)18-35(27)2/h3-15,17-18H,1-2H3/q+1. The summed E-state index contributed by atoms with van der Waals surface area (Å²) in [6, 6.07) is 28.5. The maximum atomic E-state index is 13.7. The van der Waals surface area contributed by atoms with Gasteiger partial charge >= 0.3 is 0 Å². The van der Waals surface area contributed by atoms with Gasteiger partial charge in [-0.15, -0.1) is 0 Å². The Labute approximate surface area is 207 Å². The van der Waals surface area contributed by atoms with Gasteiger partial charge in [0.1, 0.15) is 24.4 Å². The summed E-state index contributed by atoms with van der Waals surface area (Å²) in [4.78, 5) is 3.87. The molecule has 0 saturated heterocycles. The van der Waals surface area contributed by atoms with Crippen molar-refractivity contribution >= 4 is 21.9 Å². The summed E-state index contributed by atoms with van der Waals surface area (Å²) in [7, 11) is 1.79. The average molecular weight is 471 g/mol. The molecule has 2 aromatic heterocycles. The maximum Gasteiger partial charge on any atom is 0.277 e. The van der Waals surface area contributed by atoms with Gasteiger partial charge in [-0.25, -0.2) is 4.98 Å². The van der Waals surface area contributed by atoms with Crippen molar-refractivity contribution in [3.8, 4) is 39.6 Å². The van der Waals surface area contributed by atoms with E-state index in [0.717, 1.165) is 49.8 Å². The summed E-state index contributed by atoms with van der Waals surface area (Å²) in [5.41, 5.74) is 8.61. The van der Waals surface area contributed by atoms with Gasteiger partial charge in [0.25, 0.3) is 5.95 Å². The van der Waals surface area contributed by atoms with Gasteiger partial charge in [-0.1, -0.05) is 66.7 Å². The highest BCUT2D eigenvalue weighted by Crippen LogP contribution is 2.41. The van der Waals surface area contributed by atoms with Crippen LogP contribution in [-0.2, 0) is 7.05 Å². The van der Waals surface area contributed by atoms with Crippen LogP contribution in [0.15, 0.2) is 95.7 Å². The molecule has 0 bridgehead atoms. The summed E-state index contributed by atoms with van der Waals surface area (Å²) < 4.78 is 22.0. The van der Waals surface area contributed by atoms with E-state index in [1.165, 1.54) is 12.4 Å². The average Bonchev–Trinajstić information content (AvgIpc) is 3.28. The second-order valence-electron chi connectivity index (χ2n) is 8.90. The van der Waals surface area contributed by atoms with Crippen molar-refractivity contribution in [2.75, 3.05) is 0 Å². The SMILES string of the molecule is Cc1ccc2c(oc3c(-c4ccc(-c5ccccc5)cc4)cc(C#N)cc32)c1-c1cnc(F)c[n+]1C. The van der Waals surface area contributed by atoms with Crippen molar-refractivity contribution in [3.63, 3.8) is 0 Å². The van der Waals surface area contributed by atoms with Gasteiger partial charge in [-0.05, 0) is 41.3 Å². The predicted molar refractivity (Wildman–Crippen MR) is 138 cm³/mol. The van der Waals surface area contributed by atoms with E-state index in [1.54, 1.807) is 11.6 Å². The van der Waals surface area contributed by atoms with Gasteiger partial charge in [0, 0.05) is 16.3 Å². The highest BCUT2D eigenvalue weighted by Gasteiger charge is 2.23. The van der Waals surface area contributed by atoms with Crippen molar-refractivity contribution < 1.29 is 13.4 Å². The lowest BCUT2D eigenvalue weighted by Crippen LogP contribution is -2.32. The van der Waals surface area contributed by atoms with E-state index in [4.69, 9.17) is 4.42 Å². The first-order valence-corrected chi connectivity index (χ1v) is 11.6. The quantitative estimate of drug-likeness (QED) is 0.259. The Morgan fingerprint density at radius 3 is 2.31 bits per heavy atom. The molecular weight excluding hydrogens is 449 g/mol. The molecule has 172 valence electrons. The lowest BCUT2D eigenvalue weighted by atomic mass is 9.96. The molecule has 36 heavy (non-hydrogen) atoms. The largest absolute Gasteiger partial charge is 0.454 e. The fourth-order valence-corrected chi connectivity index (χ4v) is 4.83. The van der Waals surface area contributed by atoms with Gasteiger partial charge < -0.3 is 4.42 Å². The molecule has 5 heteroatoms. The first-order valence-electron chi connectivity index (χ1n) is 11.6. The molecule has 0 saturated carbocycles. The molecule has 0 fully saturated rings. The molecule has 0 aliphatic carbocycles. The van der Waals surface area contributed by atoms with Gasteiger partial charge in [-0.2, -0.15) is 14.2 Å². The predicted octanol–water partition coefficient (Wildman–Crippen LogP) is 7.13. The zero-order chi connectivity index (χ0) is 24.8. The van der Waals surface area contributed by atoms with Crippen LogP contribution in [0, 0.1) is 24.2 Å². The number of aromatic nitrogens is 2. The molecule has 2 heterocycles. The third-order valence-corrected chi connectivity index (χ3v) is 6.63. The van der Waals surface area contributed by atoms with Crippen LogP contribution in [0.5, 0.6) is 0 Å². The van der Waals surface area contributed by atoms with E-state index in [-0.39, 0.29) is 0 Å². The molecule has 0 amide bonds. The topological polar surface area (TPSA) is 53.7 Å². The normalized spacial score (nSPS) is 11.2. The Kier molecular flexibility index (Phi) is 5.09. The number of hydrogen-bond acceptors (Lipinski definition) is 3. The van der Waals surface area contributed by atoms with Crippen LogP contribution in [0.3, 0.4) is 0 Å². The Bertz CT molecular complexity index is 1810. The molecule has 0 atom stereocenters. The minimum Gasteiger partial charge on any atom is -0.454 e. The minimum atomic E-state index is -0.546. The van der Waals surface area contributed by atoms with E-state index in [2.05, 4.69) is 47.5 Å². The van der Waals surface area contributed by atoms with Crippen LogP contribution in [0.2, 0.25) is 0 Å². The van der Waals surface area contributed by atoms with Crippen LogP contribution >= 0.6 is 0 Å². The smallest absolute Gasteiger partial charge is 0.277 e. The Hall–Kier alpha value is -4.82. The van der Waals surface area contributed by atoms with Crippen LogP contribution in [0.4, 0.5) is 4.39 Å². The van der Waals surface area contributed by atoms with Gasteiger partial charge in [0.05, 0.1) is 17.2 Å². The van der Waals surface area contributed by atoms with Gasteiger partial charge in [-0.3, -0.25) is 0 Å². The number of furan rings is 1. The second-order valence-corrected chi connectivity index (χ2v) is 8.90. The lowest BCUT2D eigenvalue weighted by molar-refractivity contribution is -0.662. The molecule has 0 unspecified atom stereocenters. The summed E-state index contributed by atoms with van der Waals surface area (Å²) in [5.74, 6) is -0.546. The molecule has 4 aromatic carbocycles. The van der Waals surface area contributed by atoms with E-state index < -0.39 is 5.95 Å². The summed E-state index contributed by atoms with van der Waals surface area (Å²) in [6.07, 6.45) is 2.87. The second kappa shape index (κ2) is 8.44. The molecule has 4 nitrogen and oxygen atoms in total. The van der Waals surface area contributed by atoms with Crippen molar-refractivity contribution in [1.82, 2.24) is 4.98 Å². The van der Waals surface area contributed by atoms with Crippen molar-refractivity contribution in [2.24, 2.45) is 7.05 Å². The maximum absolute atomic E-state index is 13.7. The van der Waals surface area contributed by atoms with Crippen LogP contribution in [-0.4, -0.2) is 4.98 Å². The highest BCUT2D eigenvalue weighted by atomic mass is 19.1. The Morgan fingerprint density at radius 1 is 0.861 bits per heavy atom. The Balaban J connectivity index is 1.60. The fourth-order valence-electron chi connectivity index (χ4n) is 4.83. The van der Waals surface area contributed by atoms with Crippen molar-refractivity contribution in [3.05, 3.63) is 108 Å². The van der Waals surface area contributed by atoms with Gasteiger partial charge in [0.15, 0.2) is 0 Å². The van der Waals surface area contributed by atoms with E-state index in [1.807, 2.05) is 49.4 Å². The van der Waals surface area contributed by atoms with E-state index >= 15 is 0 Å². The third-order valence-electron chi connectivity index (χ3n) is 6.63. The number of nitriles is 1. The molecule has 6 rings (SSSR count). The first kappa shape index (κ1) is 21.7. The van der Waals surface area contributed by atoms with Crippen molar-refractivity contribution in [2.45, 2.75) is 6.92 Å². The molecule has 0 aliphatic rings. The summed E-state index contributed by atoms with van der Waals surface area (Å²) >= 11 is 0. The molecule has 0 aliphatic heterocycles. The molecule has 6 aromatic rings. The lowest BCUT2D eigenvalue weighted by Gasteiger charge is -2.06. The van der Waals surface area contributed by atoms with Crippen LogP contribution in [0.25, 0.3) is 55.4 Å². The number of hydrogen-bond donors (Lipinski definition) is 0. The number of rotatable bonds is 3. The Morgan fingerprint density at radius 2 is 1.58 bits per heavy atom. The monoisotopic (exact) mass is 470 g/mol. The van der Waals surface area contributed by atoms with E-state index in [9.17, 15) is 9.65 Å². The summed E-state index contributed by atoms with van der Waals surface area (Å²) in [5, 5.41) is 11.5. The minimum absolute atomic E-state index is 0.546. The molecule has 0 radical (unpaired) electrons. The van der Waals surface area contributed by atoms with Gasteiger partial charge in [0.2, 0.25) is 11.9 Å². The van der Waals surface area contributed by atoms with E-state index in [0.29, 0.717) is 16.7 Å². The number of fused-ring (bicyclic) bond motifs is 3. The number of benzene rings is 4. The molecular formula is C31H21FN3O+. The number of nitrogens with zero attached hydrogens (tertiary/aromatic N) is 3. The van der Waals surface area contributed by atoms with Crippen LogP contribution < -0.4 is 4.57 Å². The zero-order valence-electron chi connectivity index (χ0n) is 19.8. The summed E-state index contributed by atoms with van der Waals surface area (Å²) in [6.45, 7) is 2.00. The molecule has 0 N–H and O–H groups in total. The number of halogens is 1. The highest BCUT2D eigenvalue weighted by molar-refractivity contribution is 6.13.